The summed E-state index contributed by atoms with van der Waals surface area (Å²) >= 11 is 0. The lowest BCUT2D eigenvalue weighted by atomic mass is 10.00. The van der Waals surface area contributed by atoms with Crippen molar-refractivity contribution < 1.29 is 4.79 Å². The van der Waals surface area contributed by atoms with Gasteiger partial charge in [-0.3, -0.25) is 4.79 Å². The van der Waals surface area contributed by atoms with Gasteiger partial charge in [-0.25, -0.2) is 0 Å². The minimum absolute atomic E-state index is 0.0347. The minimum Gasteiger partial charge on any atom is -0.399 e. The number of nitrogen functional groups attached to an aromatic ring is 2. The molecule has 4 nitrogen and oxygen atoms in total. The van der Waals surface area contributed by atoms with Crippen LogP contribution in [0.2, 0.25) is 0 Å². The maximum Gasteiger partial charge on any atom is 0.228 e. The fourth-order valence-electron chi connectivity index (χ4n) is 2.24. The van der Waals surface area contributed by atoms with Crippen LogP contribution < -0.4 is 16.8 Å². The Bertz CT molecular complexity index is 649. The second-order valence-corrected chi connectivity index (χ2v) is 4.44. The third-order valence-corrected chi connectivity index (χ3v) is 3.12. The van der Waals surface area contributed by atoms with E-state index in [1.807, 2.05) is 30.3 Å². The first-order valence-corrected chi connectivity index (χ1v) is 5.71. The van der Waals surface area contributed by atoms with Crippen LogP contribution in [0.1, 0.15) is 5.56 Å². The van der Waals surface area contributed by atoms with E-state index in [-0.39, 0.29) is 5.91 Å². The first-order valence-electron chi connectivity index (χ1n) is 5.71. The zero-order valence-corrected chi connectivity index (χ0v) is 9.73. The van der Waals surface area contributed by atoms with Crippen LogP contribution in [0, 0.1) is 0 Å². The number of benzene rings is 2. The highest BCUT2D eigenvalue weighted by molar-refractivity contribution is 6.00. The Hall–Kier alpha value is -2.49. The van der Waals surface area contributed by atoms with E-state index in [0.29, 0.717) is 17.8 Å². The molecule has 3 rings (SSSR count). The second-order valence-electron chi connectivity index (χ2n) is 4.44. The van der Waals surface area contributed by atoms with Gasteiger partial charge in [0.1, 0.15) is 0 Å². The molecule has 0 radical (unpaired) electrons. The summed E-state index contributed by atoms with van der Waals surface area (Å²) in [7, 11) is 0. The number of carbonyl (C=O) groups excluding carboxylic acids is 1. The van der Waals surface area contributed by atoms with Crippen molar-refractivity contribution in [3.63, 3.8) is 0 Å². The lowest BCUT2D eigenvalue weighted by Crippen LogP contribution is -2.03. The maximum atomic E-state index is 11.3. The van der Waals surface area contributed by atoms with Crippen molar-refractivity contribution in [1.29, 1.82) is 0 Å². The molecule has 1 aliphatic heterocycles. The van der Waals surface area contributed by atoms with E-state index in [1.54, 1.807) is 6.07 Å². The molecule has 0 fully saturated rings. The molecule has 0 saturated carbocycles. The first kappa shape index (κ1) is 10.7. The quantitative estimate of drug-likeness (QED) is 0.666. The van der Waals surface area contributed by atoms with Crippen molar-refractivity contribution in [2.75, 3.05) is 16.8 Å². The molecule has 0 saturated heterocycles. The number of rotatable bonds is 1. The monoisotopic (exact) mass is 239 g/mol. The third-order valence-electron chi connectivity index (χ3n) is 3.12. The molecule has 5 N–H and O–H groups in total. The van der Waals surface area contributed by atoms with Gasteiger partial charge in [0.25, 0.3) is 0 Å². The fourth-order valence-corrected chi connectivity index (χ4v) is 2.24. The van der Waals surface area contributed by atoms with Crippen LogP contribution in [-0.4, -0.2) is 5.91 Å². The van der Waals surface area contributed by atoms with Crippen molar-refractivity contribution in [1.82, 2.24) is 0 Å². The molecule has 1 heterocycles. The topological polar surface area (TPSA) is 81.1 Å². The van der Waals surface area contributed by atoms with E-state index in [0.717, 1.165) is 22.4 Å². The molecule has 90 valence electrons. The molecule has 2 aromatic rings. The van der Waals surface area contributed by atoms with Crippen molar-refractivity contribution in [3.8, 4) is 11.1 Å². The highest BCUT2D eigenvalue weighted by atomic mass is 16.1. The first-order chi connectivity index (χ1) is 8.63. The van der Waals surface area contributed by atoms with E-state index in [2.05, 4.69) is 5.32 Å². The van der Waals surface area contributed by atoms with Gasteiger partial charge in [0, 0.05) is 22.6 Å². The van der Waals surface area contributed by atoms with Gasteiger partial charge in [0.05, 0.1) is 6.42 Å². The third kappa shape index (κ3) is 1.68. The number of fused-ring (bicyclic) bond motifs is 1. The summed E-state index contributed by atoms with van der Waals surface area (Å²) in [5.41, 5.74) is 16.8. The van der Waals surface area contributed by atoms with Crippen LogP contribution in [0.4, 0.5) is 17.1 Å². The summed E-state index contributed by atoms with van der Waals surface area (Å²) in [6.07, 6.45) is 0.429. The molecule has 0 aliphatic carbocycles. The highest BCUT2D eigenvalue weighted by Crippen LogP contribution is 2.32. The predicted octanol–water partition coefficient (Wildman–Crippen LogP) is 2.01. The van der Waals surface area contributed by atoms with Gasteiger partial charge in [-0.05, 0) is 35.4 Å². The Balaban J connectivity index is 2.08. The Morgan fingerprint density at radius 1 is 1.06 bits per heavy atom. The average Bonchev–Trinajstić information content (AvgIpc) is 2.68. The van der Waals surface area contributed by atoms with Gasteiger partial charge in [0.15, 0.2) is 0 Å². The number of nitrogens with two attached hydrogens (primary N) is 2. The number of amides is 1. The predicted molar refractivity (Wildman–Crippen MR) is 73.0 cm³/mol. The zero-order valence-electron chi connectivity index (χ0n) is 9.73. The number of nitrogens with one attached hydrogen (secondary N) is 1. The molecule has 0 atom stereocenters. The Kier molecular flexibility index (Phi) is 2.23. The molecular weight excluding hydrogens is 226 g/mol. The largest absolute Gasteiger partial charge is 0.399 e. The summed E-state index contributed by atoms with van der Waals surface area (Å²) in [5.74, 6) is 0.0347. The van der Waals surface area contributed by atoms with Gasteiger partial charge in [-0.1, -0.05) is 12.1 Å². The summed E-state index contributed by atoms with van der Waals surface area (Å²) in [6, 6.07) is 11.3. The van der Waals surface area contributed by atoms with Crippen molar-refractivity contribution in [2.45, 2.75) is 6.42 Å². The lowest BCUT2D eigenvalue weighted by molar-refractivity contribution is -0.115. The Morgan fingerprint density at radius 3 is 2.67 bits per heavy atom. The maximum absolute atomic E-state index is 11.3. The number of hydrogen-bond donors (Lipinski definition) is 3. The van der Waals surface area contributed by atoms with Gasteiger partial charge >= 0.3 is 0 Å². The summed E-state index contributed by atoms with van der Waals surface area (Å²) < 4.78 is 0. The minimum atomic E-state index is 0.0347. The van der Waals surface area contributed by atoms with Crippen LogP contribution in [0.5, 0.6) is 0 Å². The van der Waals surface area contributed by atoms with E-state index in [1.165, 1.54) is 0 Å². The standard InChI is InChI=1S/C14H13N3O/c15-10-2-3-11(12(16)7-10)8-1-4-13-9(5-8)6-14(18)17-13/h1-5,7H,6,15-16H2,(H,17,18). The molecule has 4 heteroatoms. The van der Waals surface area contributed by atoms with Crippen LogP contribution in [0.3, 0.4) is 0 Å². The number of anilines is 3. The van der Waals surface area contributed by atoms with E-state index >= 15 is 0 Å². The zero-order chi connectivity index (χ0) is 12.7. The summed E-state index contributed by atoms with van der Waals surface area (Å²) in [4.78, 5) is 11.3. The van der Waals surface area contributed by atoms with Crippen molar-refractivity contribution >= 4 is 23.0 Å². The molecule has 0 spiro atoms. The SMILES string of the molecule is Nc1ccc(-c2ccc3c(c2)CC(=O)N3)c(N)c1. The molecule has 0 bridgehead atoms. The molecule has 2 aromatic carbocycles. The molecule has 1 aliphatic rings. The smallest absolute Gasteiger partial charge is 0.228 e. The lowest BCUT2D eigenvalue weighted by Gasteiger charge is -2.08. The van der Waals surface area contributed by atoms with E-state index < -0.39 is 0 Å². The van der Waals surface area contributed by atoms with Gasteiger partial charge in [-0.15, -0.1) is 0 Å². The summed E-state index contributed by atoms with van der Waals surface area (Å²) in [6.45, 7) is 0. The molecular formula is C14H13N3O. The fraction of sp³-hybridized carbons (Fsp3) is 0.0714. The average molecular weight is 239 g/mol. The Labute approximate surface area is 105 Å². The van der Waals surface area contributed by atoms with Gasteiger partial charge in [-0.2, -0.15) is 0 Å². The molecule has 0 aromatic heterocycles. The van der Waals surface area contributed by atoms with Gasteiger partial charge in [0.2, 0.25) is 5.91 Å². The van der Waals surface area contributed by atoms with Crippen molar-refractivity contribution in [3.05, 3.63) is 42.0 Å². The van der Waals surface area contributed by atoms with Crippen LogP contribution in [0.25, 0.3) is 11.1 Å². The van der Waals surface area contributed by atoms with Gasteiger partial charge < -0.3 is 16.8 Å². The Morgan fingerprint density at radius 2 is 1.89 bits per heavy atom. The highest BCUT2D eigenvalue weighted by Gasteiger charge is 2.18. The second kappa shape index (κ2) is 3.77. The van der Waals surface area contributed by atoms with Crippen LogP contribution in [-0.2, 0) is 11.2 Å². The molecule has 18 heavy (non-hydrogen) atoms. The number of hydrogen-bond acceptors (Lipinski definition) is 3. The summed E-state index contributed by atoms with van der Waals surface area (Å²) in [5, 5.41) is 2.81. The van der Waals surface area contributed by atoms with Crippen LogP contribution >= 0.6 is 0 Å². The molecule has 1 amide bonds. The van der Waals surface area contributed by atoms with E-state index in [9.17, 15) is 4.79 Å². The number of carbonyl (C=O) groups is 1. The van der Waals surface area contributed by atoms with Crippen LogP contribution in [0.15, 0.2) is 36.4 Å². The normalized spacial score (nSPS) is 13.2. The molecule has 0 unspecified atom stereocenters. The van der Waals surface area contributed by atoms with E-state index in [4.69, 9.17) is 11.5 Å². The van der Waals surface area contributed by atoms with Crippen molar-refractivity contribution in [2.24, 2.45) is 0 Å².